The van der Waals surface area contributed by atoms with E-state index in [0.29, 0.717) is 16.6 Å². The first-order valence-electron chi connectivity index (χ1n) is 6.05. The predicted octanol–water partition coefficient (Wildman–Crippen LogP) is 2.65. The quantitative estimate of drug-likeness (QED) is 0.694. The summed E-state index contributed by atoms with van der Waals surface area (Å²) in [5.41, 5.74) is -0.0479. The summed E-state index contributed by atoms with van der Waals surface area (Å²) in [4.78, 5) is 19.9. The molecule has 6 heteroatoms. The summed E-state index contributed by atoms with van der Waals surface area (Å²) in [6, 6.07) is 1.81. The number of thioether (sulfide) groups is 1. The van der Waals surface area contributed by atoms with Gasteiger partial charge in [-0.2, -0.15) is 0 Å². The van der Waals surface area contributed by atoms with Crippen molar-refractivity contribution in [3.8, 4) is 0 Å². The average molecular weight is 282 g/mol. The van der Waals surface area contributed by atoms with Gasteiger partial charge in [-0.1, -0.05) is 11.8 Å². The average Bonchev–Trinajstić information content (AvgIpc) is 2.86. The molecule has 1 N–H and O–H groups in total. The van der Waals surface area contributed by atoms with Gasteiger partial charge < -0.3 is 9.72 Å². The zero-order chi connectivity index (χ0) is 12.4. The Balaban J connectivity index is 1.72. The zero-order valence-electron chi connectivity index (χ0n) is 9.85. The summed E-state index contributed by atoms with van der Waals surface area (Å²) in [6.45, 7) is 0.860. The zero-order valence-corrected chi connectivity index (χ0v) is 11.5. The van der Waals surface area contributed by atoms with E-state index in [2.05, 4.69) is 9.97 Å². The highest BCUT2D eigenvalue weighted by atomic mass is 32.2. The first-order valence-corrected chi connectivity index (χ1v) is 7.91. The smallest absolute Gasteiger partial charge is 0.260 e. The minimum atomic E-state index is -0.0479. The number of nitrogens with zero attached hydrogens (tertiary/aromatic N) is 1. The van der Waals surface area contributed by atoms with Gasteiger partial charge in [0, 0.05) is 12.4 Å². The normalized spacial score (nSPS) is 20.3. The molecule has 4 nitrogen and oxygen atoms in total. The van der Waals surface area contributed by atoms with Crippen molar-refractivity contribution in [1.82, 2.24) is 9.97 Å². The number of ether oxygens (including phenoxy) is 1. The van der Waals surface area contributed by atoms with E-state index in [1.165, 1.54) is 17.8 Å². The molecule has 1 atom stereocenters. The number of rotatable bonds is 3. The molecule has 1 fully saturated rings. The molecule has 0 saturated carbocycles. The molecule has 1 aliphatic heterocycles. The summed E-state index contributed by atoms with van der Waals surface area (Å²) in [6.07, 6.45) is 3.81. The summed E-state index contributed by atoms with van der Waals surface area (Å²) in [5, 5.41) is 3.27. The van der Waals surface area contributed by atoms with E-state index in [4.69, 9.17) is 4.74 Å². The number of aromatic amines is 1. The van der Waals surface area contributed by atoms with Crippen molar-refractivity contribution in [2.75, 3.05) is 12.4 Å². The van der Waals surface area contributed by atoms with Gasteiger partial charge in [-0.15, -0.1) is 11.3 Å². The number of hydrogen-bond donors (Lipinski definition) is 1. The van der Waals surface area contributed by atoms with Gasteiger partial charge in [0.2, 0.25) is 0 Å². The van der Waals surface area contributed by atoms with Crippen LogP contribution in [0.4, 0.5) is 0 Å². The van der Waals surface area contributed by atoms with Crippen LogP contribution < -0.4 is 5.56 Å². The lowest BCUT2D eigenvalue weighted by Gasteiger charge is -2.21. The Morgan fingerprint density at radius 1 is 1.56 bits per heavy atom. The standard InChI is InChI=1S/C12H14N2O2S2/c15-10-9-4-6-17-11(9)14-12(13-10)18-7-8-3-1-2-5-16-8/h4,6,8H,1-3,5,7H2,(H,13,14,15). The largest absolute Gasteiger partial charge is 0.377 e. The molecular formula is C12H14N2O2S2. The van der Waals surface area contributed by atoms with Crippen LogP contribution in [0.15, 0.2) is 21.4 Å². The maximum Gasteiger partial charge on any atom is 0.260 e. The van der Waals surface area contributed by atoms with Gasteiger partial charge in [0.25, 0.3) is 5.56 Å². The Kier molecular flexibility index (Phi) is 3.67. The lowest BCUT2D eigenvalue weighted by atomic mass is 10.1. The lowest BCUT2D eigenvalue weighted by Crippen LogP contribution is -2.21. The number of hydrogen-bond acceptors (Lipinski definition) is 5. The molecule has 2 aromatic heterocycles. The van der Waals surface area contributed by atoms with Crippen molar-refractivity contribution >= 4 is 33.3 Å². The maximum atomic E-state index is 11.8. The Morgan fingerprint density at radius 3 is 3.33 bits per heavy atom. The second-order valence-corrected chi connectivity index (χ2v) is 6.21. The van der Waals surface area contributed by atoms with Crippen LogP contribution in [0.1, 0.15) is 19.3 Å². The van der Waals surface area contributed by atoms with Gasteiger partial charge >= 0.3 is 0 Å². The molecule has 1 unspecified atom stereocenters. The minimum Gasteiger partial charge on any atom is -0.377 e. The highest BCUT2D eigenvalue weighted by molar-refractivity contribution is 7.99. The van der Waals surface area contributed by atoms with Gasteiger partial charge in [0.05, 0.1) is 11.5 Å². The van der Waals surface area contributed by atoms with Gasteiger partial charge in [-0.05, 0) is 30.7 Å². The van der Waals surface area contributed by atoms with Crippen LogP contribution in [0.25, 0.3) is 10.2 Å². The summed E-state index contributed by atoms with van der Waals surface area (Å²) in [7, 11) is 0. The molecule has 2 aromatic rings. The molecule has 18 heavy (non-hydrogen) atoms. The molecule has 0 aromatic carbocycles. The van der Waals surface area contributed by atoms with Crippen molar-refractivity contribution < 1.29 is 4.74 Å². The van der Waals surface area contributed by atoms with Crippen molar-refractivity contribution in [2.24, 2.45) is 0 Å². The first kappa shape index (κ1) is 12.2. The fourth-order valence-corrected chi connectivity index (χ4v) is 3.77. The Labute approximate surface area is 113 Å². The Hall–Kier alpha value is -0.850. The van der Waals surface area contributed by atoms with Crippen LogP contribution in [0.5, 0.6) is 0 Å². The van der Waals surface area contributed by atoms with E-state index in [1.54, 1.807) is 11.8 Å². The van der Waals surface area contributed by atoms with E-state index >= 15 is 0 Å². The summed E-state index contributed by atoms with van der Waals surface area (Å²) in [5.74, 6) is 0.861. The van der Waals surface area contributed by atoms with Gasteiger partial charge in [-0.3, -0.25) is 4.79 Å². The van der Waals surface area contributed by atoms with Crippen LogP contribution in [0.2, 0.25) is 0 Å². The molecular weight excluding hydrogens is 268 g/mol. The number of fused-ring (bicyclic) bond motifs is 1. The molecule has 0 bridgehead atoms. The van der Waals surface area contributed by atoms with Crippen LogP contribution >= 0.6 is 23.1 Å². The highest BCUT2D eigenvalue weighted by Gasteiger charge is 2.15. The summed E-state index contributed by atoms with van der Waals surface area (Å²) >= 11 is 3.08. The number of thiophene rings is 1. The van der Waals surface area contributed by atoms with Crippen molar-refractivity contribution in [3.63, 3.8) is 0 Å². The van der Waals surface area contributed by atoms with Crippen molar-refractivity contribution in [1.29, 1.82) is 0 Å². The molecule has 1 saturated heterocycles. The van der Waals surface area contributed by atoms with Crippen LogP contribution in [0.3, 0.4) is 0 Å². The third-order valence-electron chi connectivity index (χ3n) is 2.99. The number of nitrogens with one attached hydrogen (secondary N) is 1. The van der Waals surface area contributed by atoms with Gasteiger partial charge in [0.15, 0.2) is 5.16 Å². The van der Waals surface area contributed by atoms with Crippen molar-refractivity contribution in [3.05, 3.63) is 21.8 Å². The molecule has 0 spiro atoms. The van der Waals surface area contributed by atoms with Crippen molar-refractivity contribution in [2.45, 2.75) is 30.5 Å². The molecule has 0 amide bonds. The molecule has 0 aliphatic carbocycles. The molecule has 96 valence electrons. The fourth-order valence-electron chi connectivity index (χ4n) is 2.02. The lowest BCUT2D eigenvalue weighted by molar-refractivity contribution is 0.0315. The van der Waals surface area contributed by atoms with E-state index in [1.807, 2.05) is 11.4 Å². The SMILES string of the molecule is O=c1[nH]c(SCC2CCCCO2)nc2sccc12. The van der Waals surface area contributed by atoms with Crippen LogP contribution in [-0.4, -0.2) is 28.4 Å². The van der Waals surface area contributed by atoms with Crippen LogP contribution in [0, 0.1) is 0 Å². The van der Waals surface area contributed by atoms with E-state index in [0.717, 1.165) is 30.0 Å². The van der Waals surface area contributed by atoms with E-state index < -0.39 is 0 Å². The van der Waals surface area contributed by atoms with E-state index in [-0.39, 0.29) is 5.56 Å². The Morgan fingerprint density at radius 2 is 2.50 bits per heavy atom. The topological polar surface area (TPSA) is 55.0 Å². The molecule has 3 heterocycles. The monoisotopic (exact) mass is 282 g/mol. The molecule has 0 radical (unpaired) electrons. The fraction of sp³-hybridized carbons (Fsp3) is 0.500. The van der Waals surface area contributed by atoms with Crippen LogP contribution in [-0.2, 0) is 4.74 Å². The van der Waals surface area contributed by atoms with Gasteiger partial charge in [0.1, 0.15) is 4.83 Å². The number of H-pyrrole nitrogens is 1. The minimum absolute atomic E-state index is 0.0479. The first-order chi connectivity index (χ1) is 8.83. The molecule has 3 rings (SSSR count). The molecule has 1 aliphatic rings. The second kappa shape index (κ2) is 5.42. The number of aromatic nitrogens is 2. The Bertz CT molecular complexity index is 587. The van der Waals surface area contributed by atoms with Gasteiger partial charge in [-0.25, -0.2) is 4.98 Å². The highest BCUT2D eigenvalue weighted by Crippen LogP contribution is 2.22. The second-order valence-electron chi connectivity index (χ2n) is 4.31. The third-order valence-corrected chi connectivity index (χ3v) is 4.80. The maximum absolute atomic E-state index is 11.8. The predicted molar refractivity (Wildman–Crippen MR) is 74.6 cm³/mol. The van der Waals surface area contributed by atoms with E-state index in [9.17, 15) is 4.79 Å². The third kappa shape index (κ3) is 2.60. The summed E-state index contributed by atoms with van der Waals surface area (Å²) < 4.78 is 5.66.